The van der Waals surface area contributed by atoms with E-state index in [1.807, 2.05) is 0 Å². The second-order valence-corrected chi connectivity index (χ2v) is 5.51. The van der Waals surface area contributed by atoms with Crippen LogP contribution < -0.4 is 11.1 Å². The van der Waals surface area contributed by atoms with Crippen molar-refractivity contribution in [3.05, 3.63) is 0 Å². The maximum absolute atomic E-state index is 5.98. The fourth-order valence-corrected chi connectivity index (χ4v) is 2.79. The SMILES string of the molecule is CCCNC1(CN)CCCC(C(C)C)C1. The van der Waals surface area contributed by atoms with Crippen LogP contribution in [0.1, 0.15) is 52.9 Å². The molecule has 2 nitrogen and oxygen atoms in total. The highest BCUT2D eigenvalue weighted by Crippen LogP contribution is 2.35. The molecule has 0 aromatic rings. The Morgan fingerprint density at radius 3 is 2.73 bits per heavy atom. The van der Waals surface area contributed by atoms with E-state index in [4.69, 9.17) is 5.73 Å². The molecule has 0 amide bonds. The summed E-state index contributed by atoms with van der Waals surface area (Å²) in [6.45, 7) is 8.83. The van der Waals surface area contributed by atoms with Crippen molar-refractivity contribution in [2.75, 3.05) is 13.1 Å². The molecule has 1 saturated carbocycles. The van der Waals surface area contributed by atoms with Crippen molar-refractivity contribution in [3.63, 3.8) is 0 Å². The first-order chi connectivity index (χ1) is 7.13. The summed E-state index contributed by atoms with van der Waals surface area (Å²) in [6.07, 6.45) is 6.49. The predicted octanol–water partition coefficient (Wildman–Crippen LogP) is 2.53. The molecule has 2 heteroatoms. The Morgan fingerprint density at radius 2 is 2.20 bits per heavy atom. The molecule has 2 unspecified atom stereocenters. The first-order valence-corrected chi connectivity index (χ1v) is 6.58. The van der Waals surface area contributed by atoms with Crippen molar-refractivity contribution in [2.24, 2.45) is 17.6 Å². The lowest BCUT2D eigenvalue weighted by Crippen LogP contribution is -2.54. The monoisotopic (exact) mass is 212 g/mol. The van der Waals surface area contributed by atoms with E-state index in [0.717, 1.165) is 24.9 Å². The molecule has 0 aromatic carbocycles. The highest BCUT2D eigenvalue weighted by atomic mass is 15.0. The summed E-state index contributed by atoms with van der Waals surface area (Å²) in [6, 6.07) is 0. The Bertz CT molecular complexity index is 179. The summed E-state index contributed by atoms with van der Waals surface area (Å²) in [5.41, 5.74) is 6.23. The van der Waals surface area contributed by atoms with Gasteiger partial charge < -0.3 is 11.1 Å². The Kier molecular flexibility index (Phi) is 5.07. The molecule has 1 aliphatic carbocycles. The molecular weight excluding hydrogens is 184 g/mol. The largest absolute Gasteiger partial charge is 0.329 e. The number of hydrogen-bond acceptors (Lipinski definition) is 2. The molecular formula is C13H28N2. The molecule has 1 rings (SSSR count). The van der Waals surface area contributed by atoms with Crippen LogP contribution in [0.5, 0.6) is 0 Å². The second-order valence-electron chi connectivity index (χ2n) is 5.51. The molecule has 15 heavy (non-hydrogen) atoms. The first kappa shape index (κ1) is 13.0. The molecule has 0 aromatic heterocycles. The van der Waals surface area contributed by atoms with Crippen molar-refractivity contribution in [1.82, 2.24) is 5.32 Å². The maximum Gasteiger partial charge on any atom is 0.0306 e. The van der Waals surface area contributed by atoms with Crippen LogP contribution in [0.4, 0.5) is 0 Å². The Hall–Kier alpha value is -0.0800. The molecule has 3 N–H and O–H groups in total. The standard InChI is InChI=1S/C13H28N2/c1-4-8-15-13(10-14)7-5-6-12(9-13)11(2)3/h11-12,15H,4-10,14H2,1-3H3. The van der Waals surface area contributed by atoms with Crippen LogP contribution in [0.15, 0.2) is 0 Å². The van der Waals surface area contributed by atoms with Crippen LogP contribution in [-0.2, 0) is 0 Å². The van der Waals surface area contributed by atoms with Crippen molar-refractivity contribution < 1.29 is 0 Å². The summed E-state index contributed by atoms with van der Waals surface area (Å²) in [5, 5.41) is 3.69. The third kappa shape index (κ3) is 3.46. The van der Waals surface area contributed by atoms with Crippen molar-refractivity contribution >= 4 is 0 Å². The van der Waals surface area contributed by atoms with Gasteiger partial charge in [-0.2, -0.15) is 0 Å². The summed E-state index contributed by atoms with van der Waals surface area (Å²) in [4.78, 5) is 0. The van der Waals surface area contributed by atoms with Gasteiger partial charge in [-0.3, -0.25) is 0 Å². The fraction of sp³-hybridized carbons (Fsp3) is 1.00. The average molecular weight is 212 g/mol. The third-order valence-corrected chi connectivity index (χ3v) is 3.97. The van der Waals surface area contributed by atoms with E-state index in [9.17, 15) is 0 Å². The van der Waals surface area contributed by atoms with Gasteiger partial charge in [-0.05, 0) is 37.6 Å². The minimum atomic E-state index is 0.253. The van der Waals surface area contributed by atoms with E-state index in [1.54, 1.807) is 0 Å². The number of hydrogen-bond donors (Lipinski definition) is 2. The lowest BCUT2D eigenvalue weighted by molar-refractivity contribution is 0.153. The zero-order valence-corrected chi connectivity index (χ0v) is 10.7. The number of rotatable bonds is 5. The predicted molar refractivity (Wildman–Crippen MR) is 66.9 cm³/mol. The lowest BCUT2D eigenvalue weighted by atomic mass is 9.71. The zero-order valence-electron chi connectivity index (χ0n) is 10.7. The van der Waals surface area contributed by atoms with Gasteiger partial charge in [0.2, 0.25) is 0 Å². The minimum Gasteiger partial charge on any atom is -0.329 e. The van der Waals surface area contributed by atoms with E-state index >= 15 is 0 Å². The molecule has 0 saturated heterocycles. The van der Waals surface area contributed by atoms with Crippen LogP contribution >= 0.6 is 0 Å². The Labute approximate surface area is 95.0 Å². The zero-order chi connectivity index (χ0) is 11.3. The molecule has 0 spiro atoms. The normalized spacial score (nSPS) is 32.2. The Morgan fingerprint density at radius 1 is 1.47 bits per heavy atom. The smallest absolute Gasteiger partial charge is 0.0306 e. The van der Waals surface area contributed by atoms with E-state index in [1.165, 1.54) is 32.1 Å². The van der Waals surface area contributed by atoms with Crippen LogP contribution in [-0.4, -0.2) is 18.6 Å². The van der Waals surface area contributed by atoms with Crippen LogP contribution in [0, 0.1) is 11.8 Å². The highest BCUT2D eigenvalue weighted by Gasteiger charge is 2.35. The molecule has 2 atom stereocenters. The lowest BCUT2D eigenvalue weighted by Gasteiger charge is -2.42. The van der Waals surface area contributed by atoms with Crippen LogP contribution in [0.25, 0.3) is 0 Å². The van der Waals surface area contributed by atoms with Crippen molar-refractivity contribution in [3.8, 4) is 0 Å². The quantitative estimate of drug-likeness (QED) is 0.735. The molecule has 90 valence electrons. The summed E-state index contributed by atoms with van der Waals surface area (Å²) in [7, 11) is 0. The van der Waals surface area contributed by atoms with Crippen LogP contribution in [0.2, 0.25) is 0 Å². The molecule has 0 aliphatic heterocycles. The molecule has 1 fully saturated rings. The fourth-order valence-electron chi connectivity index (χ4n) is 2.79. The van der Waals surface area contributed by atoms with Gasteiger partial charge in [-0.25, -0.2) is 0 Å². The van der Waals surface area contributed by atoms with Gasteiger partial charge in [0.1, 0.15) is 0 Å². The number of nitrogens with two attached hydrogens (primary N) is 1. The van der Waals surface area contributed by atoms with Crippen molar-refractivity contribution in [2.45, 2.75) is 58.4 Å². The summed E-state index contributed by atoms with van der Waals surface area (Å²) in [5.74, 6) is 1.67. The minimum absolute atomic E-state index is 0.253. The molecule has 0 bridgehead atoms. The number of nitrogens with one attached hydrogen (secondary N) is 1. The van der Waals surface area contributed by atoms with Gasteiger partial charge >= 0.3 is 0 Å². The summed E-state index contributed by atoms with van der Waals surface area (Å²) < 4.78 is 0. The van der Waals surface area contributed by atoms with Crippen LogP contribution in [0.3, 0.4) is 0 Å². The van der Waals surface area contributed by atoms with E-state index in [-0.39, 0.29) is 5.54 Å². The highest BCUT2D eigenvalue weighted by molar-refractivity contribution is 4.95. The maximum atomic E-state index is 5.98. The molecule has 0 heterocycles. The van der Waals surface area contributed by atoms with Gasteiger partial charge in [-0.1, -0.05) is 33.6 Å². The van der Waals surface area contributed by atoms with E-state index in [2.05, 4.69) is 26.1 Å². The topological polar surface area (TPSA) is 38.0 Å². The molecule has 0 radical (unpaired) electrons. The van der Waals surface area contributed by atoms with Gasteiger partial charge in [0.15, 0.2) is 0 Å². The van der Waals surface area contributed by atoms with Gasteiger partial charge in [-0.15, -0.1) is 0 Å². The van der Waals surface area contributed by atoms with E-state index < -0.39 is 0 Å². The summed E-state index contributed by atoms with van der Waals surface area (Å²) >= 11 is 0. The Balaban J connectivity index is 2.55. The van der Waals surface area contributed by atoms with Gasteiger partial charge in [0, 0.05) is 12.1 Å². The van der Waals surface area contributed by atoms with Crippen molar-refractivity contribution in [1.29, 1.82) is 0 Å². The second kappa shape index (κ2) is 5.86. The molecule has 1 aliphatic rings. The van der Waals surface area contributed by atoms with E-state index in [0.29, 0.717) is 0 Å². The first-order valence-electron chi connectivity index (χ1n) is 6.58. The third-order valence-electron chi connectivity index (χ3n) is 3.97. The van der Waals surface area contributed by atoms with Gasteiger partial charge in [0.25, 0.3) is 0 Å². The van der Waals surface area contributed by atoms with Gasteiger partial charge in [0.05, 0.1) is 0 Å². The average Bonchev–Trinajstić information content (AvgIpc) is 2.26.